The van der Waals surface area contributed by atoms with E-state index in [2.05, 4.69) is 149 Å². The van der Waals surface area contributed by atoms with Crippen LogP contribution in [-0.4, -0.2) is 9.97 Å². The molecular weight excluding hydrogens is 520 g/mol. The molecule has 0 spiro atoms. The van der Waals surface area contributed by atoms with Gasteiger partial charge in [-0.25, -0.2) is 9.97 Å². The van der Waals surface area contributed by atoms with Crippen LogP contribution in [0.5, 0.6) is 0 Å². The van der Waals surface area contributed by atoms with Gasteiger partial charge in [0, 0.05) is 27.3 Å². The van der Waals surface area contributed by atoms with Crippen molar-refractivity contribution in [1.29, 1.82) is 0 Å². The van der Waals surface area contributed by atoms with E-state index in [1.54, 1.807) is 0 Å². The van der Waals surface area contributed by atoms with E-state index in [-0.39, 0.29) is 5.41 Å². The first-order valence-corrected chi connectivity index (χ1v) is 15.0. The number of hydrogen-bond donors (Lipinski definition) is 0. The predicted octanol–water partition coefficient (Wildman–Crippen LogP) is 10.7. The zero-order valence-corrected chi connectivity index (χ0v) is 24.9. The Morgan fingerprint density at radius 3 is 1.60 bits per heavy atom. The molecule has 0 unspecified atom stereocenters. The van der Waals surface area contributed by atoms with Gasteiger partial charge < -0.3 is 0 Å². The van der Waals surface area contributed by atoms with Gasteiger partial charge in [-0.15, -0.1) is 0 Å². The molecular formula is C41H32N2. The SMILES string of the molecule is Cc1ccccc1-c1ccc(-c2ccc3ccc4ccc(-c5ccc6c(c5)C(C)(C)c5ccccc5-6)nc4c3n2)cc1C. The van der Waals surface area contributed by atoms with Gasteiger partial charge in [-0.05, 0) is 82.6 Å². The van der Waals surface area contributed by atoms with Crippen LogP contribution < -0.4 is 0 Å². The second kappa shape index (κ2) is 9.47. The molecule has 43 heavy (non-hydrogen) atoms. The van der Waals surface area contributed by atoms with Crippen molar-refractivity contribution in [2.45, 2.75) is 33.1 Å². The highest BCUT2D eigenvalue weighted by Gasteiger charge is 2.35. The summed E-state index contributed by atoms with van der Waals surface area (Å²) in [4.78, 5) is 10.5. The first kappa shape index (κ1) is 25.6. The molecule has 2 heterocycles. The highest BCUT2D eigenvalue weighted by Crippen LogP contribution is 2.49. The minimum atomic E-state index is -0.0468. The summed E-state index contributed by atoms with van der Waals surface area (Å²) in [7, 11) is 0. The zero-order chi connectivity index (χ0) is 29.3. The lowest BCUT2D eigenvalue weighted by Crippen LogP contribution is -2.14. The van der Waals surface area contributed by atoms with Crippen molar-refractivity contribution in [3.05, 3.63) is 144 Å². The van der Waals surface area contributed by atoms with E-state index in [1.807, 2.05) is 0 Å². The third-order valence-electron chi connectivity index (χ3n) is 9.36. The molecule has 0 saturated carbocycles. The van der Waals surface area contributed by atoms with Crippen molar-refractivity contribution in [2.24, 2.45) is 0 Å². The summed E-state index contributed by atoms with van der Waals surface area (Å²) in [5.41, 5.74) is 16.5. The Morgan fingerprint density at radius 2 is 0.953 bits per heavy atom. The third-order valence-corrected chi connectivity index (χ3v) is 9.36. The van der Waals surface area contributed by atoms with Gasteiger partial charge in [-0.1, -0.05) is 111 Å². The van der Waals surface area contributed by atoms with Crippen molar-refractivity contribution in [2.75, 3.05) is 0 Å². The Labute approximate surface area is 252 Å². The average Bonchev–Trinajstić information content (AvgIpc) is 3.27. The van der Waals surface area contributed by atoms with Gasteiger partial charge in [0.2, 0.25) is 0 Å². The monoisotopic (exact) mass is 552 g/mol. The summed E-state index contributed by atoms with van der Waals surface area (Å²) in [6.07, 6.45) is 0. The number of aryl methyl sites for hydroxylation is 2. The third kappa shape index (κ3) is 4.01. The predicted molar refractivity (Wildman–Crippen MR) is 180 cm³/mol. The molecule has 2 nitrogen and oxygen atoms in total. The lowest BCUT2D eigenvalue weighted by atomic mass is 9.82. The molecule has 206 valence electrons. The first-order valence-electron chi connectivity index (χ1n) is 15.0. The largest absolute Gasteiger partial charge is 0.245 e. The van der Waals surface area contributed by atoms with Gasteiger partial charge in [-0.3, -0.25) is 0 Å². The van der Waals surface area contributed by atoms with Crippen molar-refractivity contribution in [3.8, 4) is 44.8 Å². The van der Waals surface area contributed by atoms with E-state index < -0.39 is 0 Å². The molecule has 7 aromatic rings. The molecule has 1 aliphatic rings. The number of fused-ring (bicyclic) bond motifs is 6. The molecule has 0 amide bonds. The number of hydrogen-bond acceptors (Lipinski definition) is 2. The van der Waals surface area contributed by atoms with Crippen LogP contribution in [0.1, 0.15) is 36.1 Å². The van der Waals surface area contributed by atoms with E-state index in [4.69, 9.17) is 9.97 Å². The van der Waals surface area contributed by atoms with Crippen LogP contribution in [0.3, 0.4) is 0 Å². The Kier molecular flexibility index (Phi) is 5.64. The summed E-state index contributed by atoms with van der Waals surface area (Å²) in [5.74, 6) is 0. The normalized spacial score (nSPS) is 13.3. The van der Waals surface area contributed by atoms with Crippen molar-refractivity contribution >= 4 is 21.8 Å². The zero-order valence-electron chi connectivity index (χ0n) is 24.9. The Morgan fingerprint density at radius 1 is 0.442 bits per heavy atom. The molecule has 8 rings (SSSR count). The fourth-order valence-electron chi connectivity index (χ4n) is 6.95. The van der Waals surface area contributed by atoms with Crippen LogP contribution >= 0.6 is 0 Å². The molecule has 0 radical (unpaired) electrons. The maximum atomic E-state index is 5.25. The lowest BCUT2D eigenvalue weighted by molar-refractivity contribution is 0.660. The van der Waals surface area contributed by atoms with Gasteiger partial charge in [0.15, 0.2) is 0 Å². The molecule has 2 heteroatoms. The molecule has 2 aromatic heterocycles. The number of aromatic nitrogens is 2. The van der Waals surface area contributed by atoms with E-state index in [0.717, 1.165) is 44.3 Å². The van der Waals surface area contributed by atoms with Crippen molar-refractivity contribution in [3.63, 3.8) is 0 Å². The van der Waals surface area contributed by atoms with E-state index in [0.29, 0.717) is 0 Å². The second-order valence-electron chi connectivity index (χ2n) is 12.4. The van der Waals surface area contributed by atoms with Crippen LogP contribution in [0.15, 0.2) is 121 Å². The maximum Gasteiger partial charge on any atom is 0.0972 e. The number of pyridine rings is 2. The number of benzene rings is 5. The lowest BCUT2D eigenvalue weighted by Gasteiger charge is -2.21. The number of rotatable bonds is 3. The van der Waals surface area contributed by atoms with Gasteiger partial charge in [0.25, 0.3) is 0 Å². The standard InChI is InChI=1S/C41H32N2/c1-25-9-5-6-10-31(25)32-19-15-29(23-26(32)2)37-21-17-27-13-14-28-18-22-38(43-40(28)39(27)42-37)30-16-20-34-33-11-7-8-12-35(33)41(3,4)36(34)24-30/h5-24H,1-4H3. The quantitative estimate of drug-likeness (QED) is 0.204. The molecule has 0 atom stereocenters. The Balaban J connectivity index is 1.23. The highest BCUT2D eigenvalue weighted by atomic mass is 14.8. The minimum absolute atomic E-state index is 0.0468. The fourth-order valence-corrected chi connectivity index (χ4v) is 6.95. The minimum Gasteiger partial charge on any atom is -0.245 e. The maximum absolute atomic E-state index is 5.25. The van der Waals surface area contributed by atoms with E-state index in [1.165, 1.54) is 44.5 Å². The molecule has 0 saturated heterocycles. The molecule has 1 aliphatic carbocycles. The average molecular weight is 553 g/mol. The van der Waals surface area contributed by atoms with Crippen LogP contribution in [0.4, 0.5) is 0 Å². The highest BCUT2D eigenvalue weighted by molar-refractivity contribution is 6.04. The topological polar surface area (TPSA) is 25.8 Å². The Hall–Kier alpha value is -5.08. The Bertz CT molecular complexity index is 2240. The van der Waals surface area contributed by atoms with Gasteiger partial charge in [0.05, 0.1) is 22.4 Å². The summed E-state index contributed by atoms with van der Waals surface area (Å²) < 4.78 is 0. The van der Waals surface area contributed by atoms with E-state index in [9.17, 15) is 0 Å². The summed E-state index contributed by atoms with van der Waals surface area (Å²) in [6, 6.07) is 43.8. The van der Waals surface area contributed by atoms with Gasteiger partial charge >= 0.3 is 0 Å². The van der Waals surface area contributed by atoms with Crippen LogP contribution in [0.2, 0.25) is 0 Å². The summed E-state index contributed by atoms with van der Waals surface area (Å²) >= 11 is 0. The summed E-state index contributed by atoms with van der Waals surface area (Å²) in [5, 5.41) is 2.19. The number of nitrogens with zero attached hydrogens (tertiary/aromatic N) is 2. The molecule has 0 aliphatic heterocycles. The molecule has 0 N–H and O–H groups in total. The fraction of sp³-hybridized carbons (Fsp3) is 0.122. The van der Waals surface area contributed by atoms with Crippen LogP contribution in [0, 0.1) is 13.8 Å². The molecule has 5 aromatic carbocycles. The van der Waals surface area contributed by atoms with Crippen LogP contribution in [-0.2, 0) is 5.41 Å². The van der Waals surface area contributed by atoms with Crippen molar-refractivity contribution < 1.29 is 0 Å². The van der Waals surface area contributed by atoms with Gasteiger partial charge in [0.1, 0.15) is 0 Å². The van der Waals surface area contributed by atoms with E-state index >= 15 is 0 Å². The second-order valence-corrected chi connectivity index (χ2v) is 12.4. The molecule has 0 bridgehead atoms. The molecule has 0 fully saturated rings. The van der Waals surface area contributed by atoms with Crippen LogP contribution in [0.25, 0.3) is 66.6 Å². The smallest absolute Gasteiger partial charge is 0.0972 e. The summed E-state index contributed by atoms with van der Waals surface area (Å²) in [6.45, 7) is 9.00. The van der Waals surface area contributed by atoms with Crippen molar-refractivity contribution in [1.82, 2.24) is 9.97 Å². The first-order chi connectivity index (χ1) is 20.9. The van der Waals surface area contributed by atoms with Gasteiger partial charge in [-0.2, -0.15) is 0 Å².